The lowest BCUT2D eigenvalue weighted by molar-refractivity contribution is -0.150. The third kappa shape index (κ3) is 7.03. The predicted octanol–water partition coefficient (Wildman–Crippen LogP) is 1.72. The smallest absolute Gasteiger partial charge is 0.382 e. The standard InChI is InChI=1S/C10H18F3NO2/c1-15-7-9(6-14-8-2-3-8)16-5-4-10(11,12)13/h8-9,14H,2-7H2,1H3. The predicted molar refractivity (Wildman–Crippen MR) is 53.3 cm³/mol. The number of hydrogen-bond donors (Lipinski definition) is 1. The van der Waals surface area contributed by atoms with Crippen LogP contribution >= 0.6 is 0 Å². The van der Waals surface area contributed by atoms with E-state index in [1.807, 2.05) is 0 Å². The summed E-state index contributed by atoms with van der Waals surface area (Å²) in [5.74, 6) is 0. The van der Waals surface area contributed by atoms with E-state index in [1.54, 1.807) is 0 Å². The van der Waals surface area contributed by atoms with Crippen molar-refractivity contribution in [3.63, 3.8) is 0 Å². The van der Waals surface area contributed by atoms with Crippen LogP contribution in [0.3, 0.4) is 0 Å². The summed E-state index contributed by atoms with van der Waals surface area (Å²) in [7, 11) is 1.51. The van der Waals surface area contributed by atoms with Gasteiger partial charge in [0.2, 0.25) is 0 Å². The van der Waals surface area contributed by atoms with E-state index in [4.69, 9.17) is 9.47 Å². The second-order valence-electron chi connectivity index (χ2n) is 4.00. The zero-order valence-electron chi connectivity index (χ0n) is 9.35. The second kappa shape index (κ2) is 6.42. The Morgan fingerprint density at radius 3 is 2.56 bits per heavy atom. The summed E-state index contributed by atoms with van der Waals surface area (Å²) in [6.07, 6.45) is -3.07. The molecule has 0 amide bonds. The zero-order chi connectivity index (χ0) is 12.0. The van der Waals surface area contributed by atoms with Crippen molar-refractivity contribution in [1.29, 1.82) is 0 Å². The van der Waals surface area contributed by atoms with Crippen LogP contribution in [0.4, 0.5) is 13.2 Å². The van der Waals surface area contributed by atoms with Crippen molar-refractivity contribution < 1.29 is 22.6 Å². The number of nitrogens with one attached hydrogen (secondary N) is 1. The normalized spacial score (nSPS) is 18.8. The fourth-order valence-corrected chi connectivity index (χ4v) is 1.28. The Morgan fingerprint density at radius 1 is 1.38 bits per heavy atom. The Labute approximate surface area is 93.3 Å². The highest BCUT2D eigenvalue weighted by atomic mass is 19.4. The van der Waals surface area contributed by atoms with Crippen molar-refractivity contribution in [3.05, 3.63) is 0 Å². The van der Waals surface area contributed by atoms with E-state index < -0.39 is 12.6 Å². The molecular formula is C10H18F3NO2. The van der Waals surface area contributed by atoms with Crippen LogP contribution in [0.2, 0.25) is 0 Å². The molecule has 1 atom stereocenters. The Morgan fingerprint density at radius 2 is 2.06 bits per heavy atom. The summed E-state index contributed by atoms with van der Waals surface area (Å²) in [6.45, 7) is 0.567. The highest BCUT2D eigenvalue weighted by Gasteiger charge is 2.27. The van der Waals surface area contributed by atoms with E-state index in [9.17, 15) is 13.2 Å². The average molecular weight is 241 g/mol. The number of alkyl halides is 3. The van der Waals surface area contributed by atoms with Crippen molar-refractivity contribution in [2.75, 3.05) is 26.9 Å². The van der Waals surface area contributed by atoms with Gasteiger partial charge in [-0.15, -0.1) is 0 Å². The lowest BCUT2D eigenvalue weighted by Gasteiger charge is -2.18. The van der Waals surface area contributed by atoms with Crippen LogP contribution in [0.1, 0.15) is 19.3 Å². The maximum atomic E-state index is 11.9. The van der Waals surface area contributed by atoms with Crippen LogP contribution in [0.25, 0.3) is 0 Å². The highest BCUT2D eigenvalue weighted by Crippen LogP contribution is 2.20. The monoisotopic (exact) mass is 241 g/mol. The summed E-state index contributed by atoms with van der Waals surface area (Å²) < 4.78 is 45.7. The van der Waals surface area contributed by atoms with Gasteiger partial charge in [-0.25, -0.2) is 0 Å². The Bertz CT molecular complexity index is 195. The van der Waals surface area contributed by atoms with Gasteiger partial charge in [-0.1, -0.05) is 0 Å². The number of methoxy groups -OCH3 is 1. The third-order valence-electron chi connectivity index (χ3n) is 2.30. The molecule has 1 fully saturated rings. The maximum Gasteiger partial charge on any atom is 0.391 e. The largest absolute Gasteiger partial charge is 0.391 e. The van der Waals surface area contributed by atoms with Gasteiger partial charge in [-0.2, -0.15) is 13.2 Å². The molecule has 0 saturated heterocycles. The van der Waals surface area contributed by atoms with Crippen molar-refractivity contribution in [2.24, 2.45) is 0 Å². The first-order chi connectivity index (χ1) is 7.51. The van der Waals surface area contributed by atoms with E-state index in [0.717, 1.165) is 12.8 Å². The van der Waals surface area contributed by atoms with Crippen LogP contribution < -0.4 is 5.32 Å². The molecule has 0 aromatic carbocycles. The first-order valence-electron chi connectivity index (χ1n) is 5.42. The molecule has 1 saturated carbocycles. The molecule has 3 nitrogen and oxygen atoms in total. The van der Waals surface area contributed by atoms with E-state index in [-0.39, 0.29) is 12.7 Å². The number of rotatable bonds is 8. The summed E-state index contributed by atoms with van der Waals surface area (Å²) in [6, 6.07) is 0.519. The molecule has 96 valence electrons. The minimum Gasteiger partial charge on any atom is -0.382 e. The van der Waals surface area contributed by atoms with Crippen LogP contribution in [0.15, 0.2) is 0 Å². The lowest BCUT2D eigenvalue weighted by Crippen LogP contribution is -2.34. The van der Waals surface area contributed by atoms with Gasteiger partial charge in [0.05, 0.1) is 25.7 Å². The molecule has 0 heterocycles. The van der Waals surface area contributed by atoms with E-state index in [1.165, 1.54) is 7.11 Å². The molecule has 16 heavy (non-hydrogen) atoms. The van der Waals surface area contributed by atoms with Crippen LogP contribution in [0.5, 0.6) is 0 Å². The van der Waals surface area contributed by atoms with Crippen molar-refractivity contribution >= 4 is 0 Å². The molecule has 0 spiro atoms. The number of ether oxygens (including phenoxy) is 2. The zero-order valence-corrected chi connectivity index (χ0v) is 9.35. The van der Waals surface area contributed by atoms with Crippen LogP contribution in [-0.4, -0.2) is 45.2 Å². The molecule has 1 N–H and O–H groups in total. The van der Waals surface area contributed by atoms with Gasteiger partial charge in [0, 0.05) is 19.7 Å². The van der Waals surface area contributed by atoms with E-state index >= 15 is 0 Å². The van der Waals surface area contributed by atoms with Gasteiger partial charge in [-0.05, 0) is 12.8 Å². The summed E-state index contributed by atoms with van der Waals surface area (Å²) in [5.41, 5.74) is 0. The molecule has 1 aliphatic carbocycles. The van der Waals surface area contributed by atoms with Gasteiger partial charge < -0.3 is 14.8 Å². The topological polar surface area (TPSA) is 30.5 Å². The Kier molecular flexibility index (Phi) is 5.51. The minimum atomic E-state index is -4.15. The fraction of sp³-hybridized carbons (Fsp3) is 1.00. The van der Waals surface area contributed by atoms with Gasteiger partial charge in [0.25, 0.3) is 0 Å². The average Bonchev–Trinajstić information content (AvgIpc) is 2.95. The lowest BCUT2D eigenvalue weighted by atomic mass is 10.3. The van der Waals surface area contributed by atoms with Gasteiger partial charge in [0.15, 0.2) is 0 Å². The number of halogens is 3. The molecule has 6 heteroatoms. The van der Waals surface area contributed by atoms with E-state index in [2.05, 4.69) is 5.32 Å². The third-order valence-corrected chi connectivity index (χ3v) is 2.30. The molecule has 1 rings (SSSR count). The summed E-state index contributed by atoms with van der Waals surface area (Å²) >= 11 is 0. The molecule has 1 unspecified atom stereocenters. The first-order valence-corrected chi connectivity index (χ1v) is 5.42. The molecule has 0 aromatic heterocycles. The fourth-order valence-electron chi connectivity index (χ4n) is 1.28. The van der Waals surface area contributed by atoms with Crippen molar-refractivity contribution in [1.82, 2.24) is 5.32 Å². The Hall–Kier alpha value is -0.330. The maximum absolute atomic E-state index is 11.9. The molecule has 0 bridgehead atoms. The molecular weight excluding hydrogens is 223 g/mol. The Balaban J connectivity index is 2.10. The molecule has 1 aliphatic rings. The SMILES string of the molecule is COCC(CNC1CC1)OCCC(F)(F)F. The van der Waals surface area contributed by atoms with E-state index in [0.29, 0.717) is 19.2 Å². The van der Waals surface area contributed by atoms with Crippen molar-refractivity contribution in [3.8, 4) is 0 Å². The molecule has 0 aromatic rings. The minimum absolute atomic E-state index is 0.298. The van der Waals surface area contributed by atoms with Gasteiger partial charge >= 0.3 is 6.18 Å². The van der Waals surface area contributed by atoms with Crippen molar-refractivity contribution in [2.45, 2.75) is 37.6 Å². The summed E-state index contributed by atoms with van der Waals surface area (Å²) in [5, 5.41) is 3.20. The van der Waals surface area contributed by atoms with Crippen LogP contribution in [0, 0.1) is 0 Å². The van der Waals surface area contributed by atoms with Crippen LogP contribution in [-0.2, 0) is 9.47 Å². The summed E-state index contributed by atoms with van der Waals surface area (Å²) in [4.78, 5) is 0. The van der Waals surface area contributed by atoms with Gasteiger partial charge in [0.1, 0.15) is 0 Å². The molecule has 0 radical (unpaired) electrons. The highest BCUT2D eigenvalue weighted by molar-refractivity contribution is 4.82. The quantitative estimate of drug-likeness (QED) is 0.702. The molecule has 0 aliphatic heterocycles. The number of hydrogen-bond acceptors (Lipinski definition) is 3. The first kappa shape index (κ1) is 13.7. The van der Waals surface area contributed by atoms with Gasteiger partial charge in [-0.3, -0.25) is 0 Å². The second-order valence-corrected chi connectivity index (χ2v) is 4.00.